The van der Waals surface area contributed by atoms with Crippen LogP contribution < -0.4 is 4.74 Å². The summed E-state index contributed by atoms with van der Waals surface area (Å²) >= 11 is 1.68. The Morgan fingerprint density at radius 2 is 2.00 bits per heavy atom. The van der Waals surface area contributed by atoms with Crippen LogP contribution in [0, 0.1) is 0 Å². The topological polar surface area (TPSA) is 65.5 Å². The van der Waals surface area contributed by atoms with Gasteiger partial charge in [0.15, 0.2) is 0 Å². The highest BCUT2D eigenvalue weighted by atomic mass is 32.1. The summed E-state index contributed by atoms with van der Waals surface area (Å²) in [6, 6.07) is 5.28. The fourth-order valence-electron chi connectivity index (χ4n) is 3.39. The van der Waals surface area contributed by atoms with Crippen LogP contribution in [-0.4, -0.2) is 24.0 Å². The number of nitrogens with zero attached hydrogens (tertiary/aromatic N) is 1. The van der Waals surface area contributed by atoms with Crippen molar-refractivity contribution in [3.63, 3.8) is 0 Å². The minimum atomic E-state index is -0.526. The van der Waals surface area contributed by atoms with Gasteiger partial charge in [-0.05, 0) is 37.0 Å². The summed E-state index contributed by atoms with van der Waals surface area (Å²) in [5.41, 5.74) is 2.31. The molecule has 0 aliphatic heterocycles. The molecule has 5 nitrogen and oxygen atoms in total. The van der Waals surface area contributed by atoms with Crippen LogP contribution in [0.1, 0.15) is 66.5 Å². The third-order valence-corrected chi connectivity index (χ3v) is 5.91. The van der Waals surface area contributed by atoms with Gasteiger partial charge in [0.2, 0.25) is 0 Å². The number of carbonyl (C=O) groups is 2. The first kappa shape index (κ1) is 18.6. The van der Waals surface area contributed by atoms with Gasteiger partial charge >= 0.3 is 11.9 Å². The van der Waals surface area contributed by atoms with E-state index in [1.54, 1.807) is 23.5 Å². The number of carbonyl (C=O) groups excluding carboxylic acids is 2. The van der Waals surface area contributed by atoms with Crippen molar-refractivity contribution in [1.82, 2.24) is 4.98 Å². The van der Waals surface area contributed by atoms with Gasteiger partial charge in [-0.3, -0.25) is 4.79 Å². The first-order chi connectivity index (χ1) is 12.5. The van der Waals surface area contributed by atoms with E-state index in [0.29, 0.717) is 5.92 Å². The smallest absolute Gasteiger partial charge is 0.341 e. The van der Waals surface area contributed by atoms with Gasteiger partial charge in [-0.2, -0.15) is 0 Å². The van der Waals surface area contributed by atoms with Crippen LogP contribution in [0.25, 0.3) is 10.4 Å². The number of benzene rings is 1. The monoisotopic (exact) mass is 373 g/mol. The van der Waals surface area contributed by atoms with E-state index in [1.165, 1.54) is 26.9 Å². The molecule has 1 aliphatic rings. The summed E-state index contributed by atoms with van der Waals surface area (Å²) in [4.78, 5) is 29.4. The maximum absolute atomic E-state index is 12.0. The number of methoxy groups -OCH3 is 1. The fraction of sp³-hybridized carbons (Fsp3) is 0.450. The lowest BCUT2D eigenvalue weighted by Crippen LogP contribution is -2.09. The SMILES string of the molecule is CCc1nc(C2CCCC2)c(-c2ccc(C(=O)OC)c(OC(C)=O)c2)s1. The number of thiazole rings is 1. The molecular formula is C20H23NO4S. The fourth-order valence-corrected chi connectivity index (χ4v) is 4.48. The van der Waals surface area contributed by atoms with E-state index >= 15 is 0 Å². The molecule has 0 saturated heterocycles. The normalized spacial score (nSPS) is 14.4. The second-order valence-electron chi connectivity index (χ2n) is 6.45. The lowest BCUT2D eigenvalue weighted by molar-refractivity contribution is -0.131. The zero-order valence-corrected chi connectivity index (χ0v) is 16.1. The quantitative estimate of drug-likeness (QED) is 0.559. The average molecular weight is 373 g/mol. The van der Waals surface area contributed by atoms with Crippen molar-refractivity contribution in [3.05, 3.63) is 34.5 Å². The third-order valence-electron chi connectivity index (χ3n) is 4.64. The minimum Gasteiger partial charge on any atom is -0.465 e. The molecule has 1 fully saturated rings. The summed E-state index contributed by atoms with van der Waals surface area (Å²) in [6.45, 7) is 3.42. The molecule has 138 valence electrons. The summed E-state index contributed by atoms with van der Waals surface area (Å²) < 4.78 is 10.1. The van der Waals surface area contributed by atoms with Crippen molar-refractivity contribution in [3.8, 4) is 16.2 Å². The van der Waals surface area contributed by atoms with E-state index in [1.807, 2.05) is 6.07 Å². The summed E-state index contributed by atoms with van der Waals surface area (Å²) in [5, 5.41) is 1.10. The highest BCUT2D eigenvalue weighted by Gasteiger charge is 2.25. The van der Waals surface area contributed by atoms with Gasteiger partial charge in [0.25, 0.3) is 0 Å². The summed E-state index contributed by atoms with van der Waals surface area (Å²) in [5.74, 6) is -0.283. The second kappa shape index (κ2) is 7.99. The van der Waals surface area contributed by atoms with Crippen LogP contribution >= 0.6 is 11.3 Å². The Morgan fingerprint density at radius 3 is 2.62 bits per heavy atom. The first-order valence-corrected chi connectivity index (χ1v) is 9.75. The van der Waals surface area contributed by atoms with Crippen LogP contribution in [0.15, 0.2) is 18.2 Å². The highest BCUT2D eigenvalue weighted by Crippen LogP contribution is 2.42. The lowest BCUT2D eigenvalue weighted by atomic mass is 9.99. The van der Waals surface area contributed by atoms with E-state index in [2.05, 4.69) is 6.92 Å². The molecule has 6 heteroatoms. The molecular weight excluding hydrogens is 350 g/mol. The Hall–Kier alpha value is -2.21. The van der Waals surface area contributed by atoms with Gasteiger partial charge in [-0.25, -0.2) is 9.78 Å². The van der Waals surface area contributed by atoms with Crippen molar-refractivity contribution in [1.29, 1.82) is 0 Å². The maximum Gasteiger partial charge on any atom is 0.341 e. The Balaban J connectivity index is 2.07. The molecule has 1 heterocycles. The highest BCUT2D eigenvalue weighted by molar-refractivity contribution is 7.15. The Labute approximate surface area is 157 Å². The molecule has 1 aromatic carbocycles. The first-order valence-electron chi connectivity index (χ1n) is 8.94. The molecule has 0 amide bonds. The van der Waals surface area contributed by atoms with Gasteiger partial charge in [0, 0.05) is 12.8 Å². The zero-order chi connectivity index (χ0) is 18.7. The summed E-state index contributed by atoms with van der Waals surface area (Å²) in [7, 11) is 1.31. The number of aromatic nitrogens is 1. The number of aryl methyl sites for hydroxylation is 1. The molecule has 26 heavy (non-hydrogen) atoms. The van der Waals surface area contributed by atoms with Crippen LogP contribution in [0.4, 0.5) is 0 Å². The van der Waals surface area contributed by atoms with Crippen molar-refractivity contribution in [2.45, 2.75) is 51.9 Å². The molecule has 2 aromatic rings. The molecule has 0 unspecified atom stereocenters. The number of rotatable bonds is 5. The van der Waals surface area contributed by atoms with Crippen molar-refractivity contribution in [2.24, 2.45) is 0 Å². The van der Waals surface area contributed by atoms with Crippen molar-refractivity contribution < 1.29 is 19.1 Å². The van der Waals surface area contributed by atoms with E-state index < -0.39 is 11.9 Å². The van der Waals surface area contributed by atoms with Crippen LogP contribution in [0.3, 0.4) is 0 Å². The zero-order valence-electron chi connectivity index (χ0n) is 15.3. The molecule has 0 N–H and O–H groups in total. The molecule has 1 saturated carbocycles. The molecule has 0 radical (unpaired) electrons. The molecule has 1 aromatic heterocycles. The Kier molecular flexibility index (Phi) is 5.71. The molecule has 0 atom stereocenters. The summed E-state index contributed by atoms with van der Waals surface area (Å²) in [6.07, 6.45) is 5.70. The van der Waals surface area contributed by atoms with Gasteiger partial charge in [-0.1, -0.05) is 25.8 Å². The van der Waals surface area contributed by atoms with Crippen LogP contribution in [-0.2, 0) is 16.0 Å². The Bertz CT molecular complexity index is 821. The van der Waals surface area contributed by atoms with E-state index in [0.717, 1.165) is 40.4 Å². The number of hydrogen-bond donors (Lipinski definition) is 0. The standard InChI is InChI=1S/C20H23NO4S/c1-4-17-21-18(13-7-5-6-8-13)19(26-17)14-9-10-15(20(23)24-3)16(11-14)25-12(2)22/h9-11,13H,4-8H2,1-3H3. The maximum atomic E-state index is 12.0. The predicted octanol–water partition coefficient (Wildman–Crippen LogP) is 4.74. The van der Waals surface area contributed by atoms with E-state index in [4.69, 9.17) is 14.5 Å². The van der Waals surface area contributed by atoms with Crippen LogP contribution in [0.2, 0.25) is 0 Å². The van der Waals surface area contributed by atoms with Gasteiger partial charge in [0.1, 0.15) is 11.3 Å². The van der Waals surface area contributed by atoms with Gasteiger partial charge in [0.05, 0.1) is 22.7 Å². The third kappa shape index (κ3) is 3.80. The number of hydrogen-bond acceptors (Lipinski definition) is 6. The predicted molar refractivity (Wildman–Crippen MR) is 101 cm³/mol. The minimum absolute atomic E-state index is 0.227. The van der Waals surface area contributed by atoms with Gasteiger partial charge < -0.3 is 9.47 Å². The average Bonchev–Trinajstić information content (AvgIpc) is 3.29. The van der Waals surface area contributed by atoms with Crippen molar-refractivity contribution in [2.75, 3.05) is 7.11 Å². The number of ether oxygens (including phenoxy) is 2. The molecule has 0 spiro atoms. The molecule has 1 aliphatic carbocycles. The largest absolute Gasteiger partial charge is 0.465 e. The number of esters is 2. The second-order valence-corrected chi connectivity index (χ2v) is 7.54. The lowest BCUT2D eigenvalue weighted by Gasteiger charge is -2.12. The van der Waals surface area contributed by atoms with E-state index in [9.17, 15) is 9.59 Å². The van der Waals surface area contributed by atoms with E-state index in [-0.39, 0.29) is 11.3 Å². The molecule has 0 bridgehead atoms. The molecule has 3 rings (SSSR count). The van der Waals surface area contributed by atoms with Crippen LogP contribution in [0.5, 0.6) is 5.75 Å². The van der Waals surface area contributed by atoms with Crippen molar-refractivity contribution >= 4 is 23.3 Å². The van der Waals surface area contributed by atoms with Gasteiger partial charge in [-0.15, -0.1) is 11.3 Å². The Morgan fingerprint density at radius 1 is 1.27 bits per heavy atom.